The quantitative estimate of drug-likeness (QED) is 0.563. The van der Waals surface area contributed by atoms with E-state index in [1.165, 1.54) is 0 Å². The Kier molecular flexibility index (Phi) is 3.04. The van der Waals surface area contributed by atoms with E-state index >= 15 is 0 Å². The highest BCUT2D eigenvalue weighted by Crippen LogP contribution is 2.27. The molecule has 3 heterocycles. The smallest absolute Gasteiger partial charge is 0.268 e. The third kappa shape index (κ3) is 2.12. The van der Waals surface area contributed by atoms with E-state index in [9.17, 15) is 0 Å². The molecule has 6 heteroatoms. The first-order chi connectivity index (χ1) is 10.7. The highest BCUT2D eigenvalue weighted by Gasteiger charge is 2.13. The van der Waals surface area contributed by atoms with Crippen LogP contribution in [-0.4, -0.2) is 19.7 Å². The molecular weight excluding hydrogens is 296 g/mol. The first-order valence-electron chi connectivity index (χ1n) is 7.07. The van der Waals surface area contributed by atoms with Crippen LogP contribution in [0.2, 0.25) is 0 Å². The van der Waals surface area contributed by atoms with Crippen molar-refractivity contribution in [1.29, 1.82) is 0 Å². The Hall–Kier alpha value is -2.47. The van der Waals surface area contributed by atoms with Crippen LogP contribution < -0.4 is 0 Å². The van der Waals surface area contributed by atoms with Gasteiger partial charge in [0.15, 0.2) is 0 Å². The minimum Gasteiger partial charge on any atom is -0.333 e. The van der Waals surface area contributed by atoms with Gasteiger partial charge in [-0.15, -0.1) is 11.3 Å². The molecule has 0 bridgehead atoms. The van der Waals surface area contributed by atoms with E-state index < -0.39 is 0 Å². The second-order valence-electron chi connectivity index (χ2n) is 5.35. The predicted octanol–water partition coefficient (Wildman–Crippen LogP) is 4.40. The Labute approximate surface area is 131 Å². The van der Waals surface area contributed by atoms with Gasteiger partial charge in [-0.1, -0.05) is 11.2 Å². The molecule has 0 amide bonds. The van der Waals surface area contributed by atoms with E-state index in [0.717, 1.165) is 21.5 Å². The van der Waals surface area contributed by atoms with Crippen LogP contribution >= 0.6 is 11.3 Å². The molecule has 0 saturated carbocycles. The van der Waals surface area contributed by atoms with Crippen molar-refractivity contribution in [2.45, 2.75) is 19.9 Å². The van der Waals surface area contributed by atoms with Crippen LogP contribution in [-0.2, 0) is 0 Å². The Balaban J connectivity index is 1.79. The number of hydrogen-bond donors (Lipinski definition) is 0. The van der Waals surface area contributed by atoms with Crippen molar-refractivity contribution in [2.75, 3.05) is 0 Å². The lowest BCUT2D eigenvalue weighted by Gasteiger charge is -2.07. The van der Waals surface area contributed by atoms with Gasteiger partial charge in [-0.25, -0.2) is 4.98 Å². The molecule has 0 N–H and O–H groups in total. The maximum atomic E-state index is 5.36. The van der Waals surface area contributed by atoms with Crippen LogP contribution in [0, 0.1) is 0 Å². The van der Waals surface area contributed by atoms with E-state index in [-0.39, 0.29) is 0 Å². The maximum Gasteiger partial charge on any atom is 0.268 e. The molecular formula is C16H14N4OS. The zero-order chi connectivity index (χ0) is 15.1. The van der Waals surface area contributed by atoms with E-state index in [2.05, 4.69) is 39.6 Å². The standard InChI is InChI=1S/C16H14N4OS/c1-10(2)20-9-17-12-6-5-11(8-13(12)20)15-18-16(21-19-15)14-4-3-7-22-14/h3-10H,1-2H3. The second kappa shape index (κ2) is 5.06. The number of benzene rings is 1. The van der Waals surface area contributed by atoms with Crippen LogP contribution in [0.5, 0.6) is 0 Å². The highest BCUT2D eigenvalue weighted by molar-refractivity contribution is 7.13. The summed E-state index contributed by atoms with van der Waals surface area (Å²) in [6.07, 6.45) is 1.87. The van der Waals surface area contributed by atoms with Crippen molar-refractivity contribution >= 4 is 22.4 Å². The van der Waals surface area contributed by atoms with E-state index in [0.29, 0.717) is 17.8 Å². The number of aromatic nitrogens is 4. The predicted molar refractivity (Wildman–Crippen MR) is 86.7 cm³/mol. The van der Waals surface area contributed by atoms with Crippen molar-refractivity contribution in [3.63, 3.8) is 0 Å². The maximum absolute atomic E-state index is 5.36. The van der Waals surface area contributed by atoms with Crippen LogP contribution in [0.4, 0.5) is 0 Å². The molecule has 0 aliphatic carbocycles. The van der Waals surface area contributed by atoms with Gasteiger partial charge in [-0.2, -0.15) is 4.98 Å². The molecule has 0 atom stereocenters. The van der Waals surface area contributed by atoms with Crippen molar-refractivity contribution in [1.82, 2.24) is 19.7 Å². The first-order valence-corrected chi connectivity index (χ1v) is 7.95. The fourth-order valence-electron chi connectivity index (χ4n) is 2.42. The van der Waals surface area contributed by atoms with Gasteiger partial charge in [-0.3, -0.25) is 0 Å². The zero-order valence-electron chi connectivity index (χ0n) is 12.2. The Morgan fingerprint density at radius 1 is 1.23 bits per heavy atom. The van der Waals surface area contributed by atoms with Crippen molar-refractivity contribution < 1.29 is 4.52 Å². The van der Waals surface area contributed by atoms with Crippen LogP contribution in [0.25, 0.3) is 33.2 Å². The summed E-state index contributed by atoms with van der Waals surface area (Å²) in [7, 11) is 0. The highest BCUT2D eigenvalue weighted by atomic mass is 32.1. The topological polar surface area (TPSA) is 56.7 Å². The van der Waals surface area contributed by atoms with Gasteiger partial charge >= 0.3 is 0 Å². The molecule has 0 radical (unpaired) electrons. The van der Waals surface area contributed by atoms with Crippen molar-refractivity contribution in [2.24, 2.45) is 0 Å². The summed E-state index contributed by atoms with van der Waals surface area (Å²) in [5.41, 5.74) is 2.98. The summed E-state index contributed by atoms with van der Waals surface area (Å²) in [6, 6.07) is 10.3. The fraction of sp³-hybridized carbons (Fsp3) is 0.188. The van der Waals surface area contributed by atoms with Gasteiger partial charge in [0.05, 0.1) is 22.2 Å². The van der Waals surface area contributed by atoms with Crippen LogP contribution in [0.15, 0.2) is 46.6 Å². The van der Waals surface area contributed by atoms with Gasteiger partial charge in [0.1, 0.15) is 0 Å². The third-order valence-electron chi connectivity index (χ3n) is 3.55. The molecule has 0 saturated heterocycles. The Bertz CT molecular complexity index is 921. The third-order valence-corrected chi connectivity index (χ3v) is 4.41. The summed E-state index contributed by atoms with van der Waals surface area (Å²) < 4.78 is 7.50. The van der Waals surface area contributed by atoms with Crippen molar-refractivity contribution in [3.05, 3.63) is 42.0 Å². The lowest BCUT2D eigenvalue weighted by molar-refractivity contribution is 0.433. The average molecular weight is 310 g/mol. The number of nitrogens with zero attached hydrogens (tertiary/aromatic N) is 4. The lowest BCUT2D eigenvalue weighted by atomic mass is 10.2. The summed E-state index contributed by atoms with van der Waals surface area (Å²) in [5.74, 6) is 1.16. The molecule has 4 aromatic rings. The van der Waals surface area contributed by atoms with E-state index in [4.69, 9.17) is 4.52 Å². The lowest BCUT2D eigenvalue weighted by Crippen LogP contribution is -1.98. The minimum atomic E-state index is 0.354. The second-order valence-corrected chi connectivity index (χ2v) is 6.30. The first kappa shape index (κ1) is 13.2. The van der Waals surface area contributed by atoms with E-state index in [1.54, 1.807) is 11.3 Å². The van der Waals surface area contributed by atoms with Gasteiger partial charge in [0.2, 0.25) is 5.82 Å². The fourth-order valence-corrected chi connectivity index (χ4v) is 3.06. The average Bonchev–Trinajstić information content (AvgIpc) is 3.25. The molecule has 5 nitrogen and oxygen atoms in total. The molecule has 1 aromatic carbocycles. The Morgan fingerprint density at radius 2 is 2.14 bits per heavy atom. The van der Waals surface area contributed by atoms with Gasteiger partial charge in [0.25, 0.3) is 5.89 Å². The molecule has 0 fully saturated rings. The monoisotopic (exact) mass is 310 g/mol. The molecule has 0 aliphatic rings. The largest absolute Gasteiger partial charge is 0.333 e. The molecule has 22 heavy (non-hydrogen) atoms. The van der Waals surface area contributed by atoms with Gasteiger partial charge in [-0.05, 0) is 43.5 Å². The molecule has 0 aliphatic heterocycles. The number of imidazole rings is 1. The molecule has 3 aromatic heterocycles. The van der Waals surface area contributed by atoms with E-state index in [1.807, 2.05) is 36.0 Å². The molecule has 0 unspecified atom stereocenters. The normalized spacial score (nSPS) is 11.6. The zero-order valence-corrected chi connectivity index (χ0v) is 13.0. The number of thiophene rings is 1. The summed E-state index contributed by atoms with van der Waals surface area (Å²) in [6.45, 7) is 4.27. The summed E-state index contributed by atoms with van der Waals surface area (Å²) in [5, 5.41) is 6.09. The number of rotatable bonds is 3. The van der Waals surface area contributed by atoms with Gasteiger partial charge in [0, 0.05) is 11.6 Å². The van der Waals surface area contributed by atoms with Gasteiger partial charge < -0.3 is 9.09 Å². The molecule has 0 spiro atoms. The molecule has 4 rings (SSSR count). The number of fused-ring (bicyclic) bond motifs is 1. The van der Waals surface area contributed by atoms with Crippen LogP contribution in [0.1, 0.15) is 19.9 Å². The Morgan fingerprint density at radius 3 is 2.91 bits per heavy atom. The summed E-state index contributed by atoms with van der Waals surface area (Å²) >= 11 is 1.58. The van der Waals surface area contributed by atoms with Crippen molar-refractivity contribution in [3.8, 4) is 22.2 Å². The minimum absolute atomic E-state index is 0.354. The summed E-state index contributed by atoms with van der Waals surface area (Å²) in [4.78, 5) is 9.89. The number of hydrogen-bond acceptors (Lipinski definition) is 5. The SMILES string of the molecule is CC(C)n1cnc2ccc(-c3noc(-c4cccs4)n3)cc21. The molecule has 110 valence electrons. The van der Waals surface area contributed by atoms with Crippen LogP contribution in [0.3, 0.4) is 0 Å².